The molecule has 2 atom stereocenters. The number of ether oxygens (including phenoxy) is 2. The first-order chi connectivity index (χ1) is 12.9. The number of benzene rings is 2. The summed E-state index contributed by atoms with van der Waals surface area (Å²) in [5, 5.41) is 3.14. The van der Waals surface area contributed by atoms with E-state index in [4.69, 9.17) is 9.47 Å². The lowest BCUT2D eigenvalue weighted by molar-refractivity contribution is -0.128. The van der Waals surface area contributed by atoms with Crippen molar-refractivity contribution in [1.29, 1.82) is 0 Å². The van der Waals surface area contributed by atoms with Gasteiger partial charge in [0, 0.05) is 0 Å². The molecule has 27 heavy (non-hydrogen) atoms. The highest BCUT2D eigenvalue weighted by Gasteiger charge is 2.22. The van der Waals surface area contributed by atoms with Crippen LogP contribution in [0.15, 0.2) is 36.4 Å². The Balaban J connectivity index is 2.12. The van der Waals surface area contributed by atoms with Gasteiger partial charge in [-0.15, -0.1) is 0 Å². The minimum absolute atomic E-state index is 0.0565. The van der Waals surface area contributed by atoms with Crippen LogP contribution in [0, 0.1) is 20.8 Å². The van der Waals surface area contributed by atoms with E-state index in [9.17, 15) is 4.79 Å². The van der Waals surface area contributed by atoms with Gasteiger partial charge >= 0.3 is 0 Å². The number of amides is 1. The Morgan fingerprint density at radius 1 is 1.00 bits per heavy atom. The number of hydrogen-bond acceptors (Lipinski definition) is 3. The Bertz CT molecular complexity index is 765. The molecule has 0 heterocycles. The van der Waals surface area contributed by atoms with E-state index in [-0.39, 0.29) is 11.9 Å². The second-order valence-electron chi connectivity index (χ2n) is 7.04. The van der Waals surface area contributed by atoms with Crippen LogP contribution >= 0.6 is 0 Å². The van der Waals surface area contributed by atoms with E-state index in [1.807, 2.05) is 52.0 Å². The average Bonchev–Trinajstić information content (AvgIpc) is 2.63. The van der Waals surface area contributed by atoms with Crippen molar-refractivity contribution in [2.75, 3.05) is 7.11 Å². The first-order valence-corrected chi connectivity index (χ1v) is 9.57. The fourth-order valence-corrected chi connectivity index (χ4v) is 3.29. The molecule has 2 rings (SSSR count). The van der Waals surface area contributed by atoms with Crippen LogP contribution < -0.4 is 14.8 Å². The van der Waals surface area contributed by atoms with E-state index >= 15 is 0 Å². The van der Waals surface area contributed by atoms with Crippen molar-refractivity contribution in [2.45, 2.75) is 59.6 Å². The number of hydrogen-bond donors (Lipinski definition) is 1. The minimum atomic E-state index is -0.514. The molecule has 2 aromatic rings. The third-order valence-electron chi connectivity index (χ3n) is 4.68. The molecular formula is C23H31NO3. The highest BCUT2D eigenvalue weighted by Crippen LogP contribution is 2.25. The Hall–Kier alpha value is -2.49. The summed E-state index contributed by atoms with van der Waals surface area (Å²) in [6, 6.07) is 12.0. The van der Waals surface area contributed by atoms with Gasteiger partial charge in [0.1, 0.15) is 11.5 Å². The van der Waals surface area contributed by atoms with Crippen LogP contribution in [0.5, 0.6) is 11.5 Å². The molecule has 0 bridgehead atoms. The summed E-state index contributed by atoms with van der Waals surface area (Å²) in [6.45, 7) is 10.1. The summed E-state index contributed by atoms with van der Waals surface area (Å²) in [6.07, 6.45) is 0.897. The molecule has 0 radical (unpaired) electrons. The molecular weight excluding hydrogens is 338 g/mol. The predicted octanol–water partition coefficient (Wildman–Crippen LogP) is 5.05. The lowest BCUT2D eigenvalue weighted by Crippen LogP contribution is -2.40. The third kappa shape index (κ3) is 5.49. The summed E-state index contributed by atoms with van der Waals surface area (Å²) in [4.78, 5) is 12.8. The summed E-state index contributed by atoms with van der Waals surface area (Å²) in [7, 11) is 1.66. The van der Waals surface area contributed by atoms with Gasteiger partial charge in [-0.05, 0) is 74.1 Å². The highest BCUT2D eigenvalue weighted by atomic mass is 16.5. The van der Waals surface area contributed by atoms with E-state index in [1.165, 1.54) is 0 Å². The molecule has 4 nitrogen and oxygen atoms in total. The summed E-state index contributed by atoms with van der Waals surface area (Å²) < 4.78 is 11.3. The number of carbonyl (C=O) groups is 1. The van der Waals surface area contributed by atoms with Gasteiger partial charge in [-0.3, -0.25) is 4.79 Å². The van der Waals surface area contributed by atoms with Gasteiger partial charge < -0.3 is 14.8 Å². The summed E-state index contributed by atoms with van der Waals surface area (Å²) in [5.41, 5.74) is 4.38. The monoisotopic (exact) mass is 369 g/mol. The van der Waals surface area contributed by atoms with Crippen molar-refractivity contribution >= 4 is 5.91 Å². The zero-order chi connectivity index (χ0) is 20.0. The molecule has 0 saturated heterocycles. The van der Waals surface area contributed by atoms with Gasteiger partial charge in [0.15, 0.2) is 6.10 Å². The number of carbonyl (C=O) groups excluding carboxylic acids is 1. The highest BCUT2D eigenvalue weighted by molar-refractivity contribution is 5.81. The van der Waals surface area contributed by atoms with Gasteiger partial charge in [-0.25, -0.2) is 0 Å². The van der Waals surface area contributed by atoms with Crippen LogP contribution in [0.2, 0.25) is 0 Å². The van der Waals surface area contributed by atoms with E-state index in [1.54, 1.807) is 7.11 Å². The molecule has 0 unspecified atom stereocenters. The van der Waals surface area contributed by atoms with Crippen molar-refractivity contribution in [3.05, 3.63) is 58.7 Å². The quantitative estimate of drug-likeness (QED) is 0.709. The first-order valence-electron chi connectivity index (χ1n) is 9.57. The summed E-state index contributed by atoms with van der Waals surface area (Å²) >= 11 is 0. The van der Waals surface area contributed by atoms with Gasteiger partial charge in [0.05, 0.1) is 13.2 Å². The van der Waals surface area contributed by atoms with Gasteiger partial charge in [-0.1, -0.05) is 32.0 Å². The van der Waals surface area contributed by atoms with Crippen LogP contribution in [0.1, 0.15) is 55.0 Å². The topological polar surface area (TPSA) is 47.6 Å². The molecule has 0 aliphatic heterocycles. The maximum atomic E-state index is 12.8. The first kappa shape index (κ1) is 20.8. The minimum Gasteiger partial charge on any atom is -0.496 e. The fourth-order valence-electron chi connectivity index (χ4n) is 3.29. The van der Waals surface area contributed by atoms with E-state index in [2.05, 4.69) is 24.4 Å². The maximum absolute atomic E-state index is 12.8. The van der Waals surface area contributed by atoms with Gasteiger partial charge in [-0.2, -0.15) is 0 Å². The van der Waals surface area contributed by atoms with Crippen LogP contribution in [0.25, 0.3) is 0 Å². The Labute approximate surface area is 162 Å². The zero-order valence-corrected chi connectivity index (χ0v) is 17.3. The molecule has 0 aromatic heterocycles. The molecule has 0 spiro atoms. The third-order valence-corrected chi connectivity index (χ3v) is 4.68. The number of rotatable bonds is 8. The summed E-state index contributed by atoms with van der Waals surface area (Å²) in [5.74, 6) is 1.50. The molecule has 0 saturated carbocycles. The second kappa shape index (κ2) is 9.45. The number of aryl methyl sites for hydroxylation is 3. The van der Waals surface area contributed by atoms with Crippen LogP contribution in [-0.4, -0.2) is 19.1 Å². The van der Waals surface area contributed by atoms with Crippen molar-refractivity contribution in [3.8, 4) is 11.5 Å². The second-order valence-corrected chi connectivity index (χ2v) is 7.04. The number of methoxy groups -OCH3 is 1. The Morgan fingerprint density at radius 3 is 2.19 bits per heavy atom. The smallest absolute Gasteiger partial charge is 0.261 e. The van der Waals surface area contributed by atoms with E-state index < -0.39 is 6.10 Å². The Kier molecular flexibility index (Phi) is 7.28. The van der Waals surface area contributed by atoms with E-state index in [0.717, 1.165) is 40.2 Å². The predicted molar refractivity (Wildman–Crippen MR) is 110 cm³/mol. The molecule has 0 aliphatic carbocycles. The lowest BCUT2D eigenvalue weighted by atomic mass is 10.0. The molecule has 146 valence electrons. The number of nitrogens with one attached hydrogen (secondary N) is 1. The molecule has 2 aromatic carbocycles. The van der Waals surface area contributed by atoms with Crippen molar-refractivity contribution < 1.29 is 14.3 Å². The zero-order valence-electron chi connectivity index (χ0n) is 17.3. The van der Waals surface area contributed by atoms with Crippen molar-refractivity contribution in [3.63, 3.8) is 0 Å². The fraction of sp³-hybridized carbons (Fsp3) is 0.435. The van der Waals surface area contributed by atoms with Crippen LogP contribution in [0.3, 0.4) is 0 Å². The largest absolute Gasteiger partial charge is 0.496 e. The molecule has 1 amide bonds. The maximum Gasteiger partial charge on any atom is 0.261 e. The Morgan fingerprint density at radius 2 is 1.67 bits per heavy atom. The van der Waals surface area contributed by atoms with Crippen molar-refractivity contribution in [2.24, 2.45) is 0 Å². The molecule has 0 fully saturated rings. The SMILES string of the molecule is CC[C@H](Oc1cc(C)cc(C)c1)C(=O)N[C@@H](CC)c1ccc(OC)c(C)c1. The van der Waals surface area contributed by atoms with Gasteiger partial charge in [0.25, 0.3) is 5.91 Å². The molecule has 4 heteroatoms. The standard InChI is InChI=1S/C23H31NO3/c1-7-20(18-9-10-22(26-6)17(5)14-18)24-23(25)21(8-2)27-19-12-15(3)11-16(4)13-19/h9-14,20-21H,7-8H2,1-6H3,(H,24,25)/t20-,21-/m0/s1. The van der Waals surface area contributed by atoms with E-state index in [0.29, 0.717) is 6.42 Å². The average molecular weight is 370 g/mol. The van der Waals surface area contributed by atoms with Crippen molar-refractivity contribution in [1.82, 2.24) is 5.32 Å². The lowest BCUT2D eigenvalue weighted by Gasteiger charge is -2.23. The van der Waals surface area contributed by atoms with Crippen LogP contribution in [0.4, 0.5) is 0 Å². The van der Waals surface area contributed by atoms with Crippen LogP contribution in [-0.2, 0) is 4.79 Å². The molecule has 0 aliphatic rings. The normalized spacial score (nSPS) is 13.0. The van der Waals surface area contributed by atoms with Gasteiger partial charge in [0.2, 0.25) is 0 Å². The molecule has 1 N–H and O–H groups in total.